The SMILES string of the molecule is CCOC(=O)c1sc(NC(=O)C(C#N)=Cc2ccccc2OC)c(C#N)c1C. The molecule has 8 heteroatoms. The van der Waals surface area contributed by atoms with Gasteiger partial charge in [0.2, 0.25) is 0 Å². The van der Waals surface area contributed by atoms with E-state index in [2.05, 4.69) is 5.32 Å². The van der Waals surface area contributed by atoms with Crippen molar-refractivity contribution in [3.8, 4) is 17.9 Å². The Labute approximate surface area is 166 Å². The van der Waals surface area contributed by atoms with Crippen LogP contribution in [0.5, 0.6) is 5.75 Å². The molecule has 1 amide bonds. The summed E-state index contributed by atoms with van der Waals surface area (Å²) < 4.78 is 10.2. The van der Waals surface area contributed by atoms with E-state index in [1.807, 2.05) is 12.1 Å². The highest BCUT2D eigenvalue weighted by Gasteiger charge is 2.23. The molecule has 0 radical (unpaired) electrons. The minimum Gasteiger partial charge on any atom is -0.496 e. The Morgan fingerprint density at radius 1 is 1.29 bits per heavy atom. The van der Waals surface area contributed by atoms with Gasteiger partial charge in [-0.05, 0) is 31.6 Å². The molecule has 1 heterocycles. The predicted octanol–water partition coefficient (Wildman–Crippen LogP) is 3.66. The third-order valence-corrected chi connectivity index (χ3v) is 4.94. The Kier molecular flexibility index (Phi) is 6.91. The minimum atomic E-state index is -0.693. The number of amides is 1. The third kappa shape index (κ3) is 4.37. The lowest BCUT2D eigenvalue weighted by Crippen LogP contribution is -2.13. The highest BCUT2D eigenvalue weighted by molar-refractivity contribution is 7.18. The first-order chi connectivity index (χ1) is 13.5. The van der Waals surface area contributed by atoms with E-state index < -0.39 is 11.9 Å². The molecule has 0 aliphatic carbocycles. The number of thiophene rings is 1. The molecular weight excluding hydrogens is 378 g/mol. The monoisotopic (exact) mass is 395 g/mol. The van der Waals surface area contributed by atoms with Crippen LogP contribution < -0.4 is 10.1 Å². The van der Waals surface area contributed by atoms with Gasteiger partial charge in [-0.15, -0.1) is 11.3 Å². The summed E-state index contributed by atoms with van der Waals surface area (Å²) >= 11 is 0.939. The second kappa shape index (κ2) is 9.36. The average molecular weight is 395 g/mol. The van der Waals surface area contributed by atoms with E-state index in [-0.39, 0.29) is 27.6 Å². The fourth-order valence-electron chi connectivity index (χ4n) is 2.39. The molecule has 0 bridgehead atoms. The summed E-state index contributed by atoms with van der Waals surface area (Å²) in [5, 5.41) is 21.5. The number of nitrogens with one attached hydrogen (secondary N) is 1. The first-order valence-corrected chi connectivity index (χ1v) is 9.05. The molecule has 1 aromatic heterocycles. The maximum Gasteiger partial charge on any atom is 0.348 e. The summed E-state index contributed by atoms with van der Waals surface area (Å²) in [6, 6.07) is 10.8. The van der Waals surface area contributed by atoms with E-state index in [0.29, 0.717) is 16.9 Å². The zero-order valence-corrected chi connectivity index (χ0v) is 16.3. The van der Waals surface area contributed by atoms with Gasteiger partial charge < -0.3 is 14.8 Å². The van der Waals surface area contributed by atoms with Crippen molar-refractivity contribution in [2.45, 2.75) is 13.8 Å². The highest BCUT2D eigenvalue weighted by atomic mass is 32.1. The van der Waals surface area contributed by atoms with Crippen LogP contribution in [0.3, 0.4) is 0 Å². The maximum atomic E-state index is 12.6. The largest absolute Gasteiger partial charge is 0.496 e. The maximum absolute atomic E-state index is 12.6. The van der Waals surface area contributed by atoms with Crippen molar-refractivity contribution < 1.29 is 19.1 Å². The predicted molar refractivity (Wildman–Crippen MR) is 105 cm³/mol. The molecule has 1 aromatic carbocycles. The van der Waals surface area contributed by atoms with Crippen LogP contribution in [0, 0.1) is 29.6 Å². The number of hydrogen-bond donors (Lipinski definition) is 1. The number of carbonyl (C=O) groups excluding carboxylic acids is 2. The summed E-state index contributed by atoms with van der Waals surface area (Å²) in [6.07, 6.45) is 1.40. The highest BCUT2D eigenvalue weighted by Crippen LogP contribution is 2.33. The van der Waals surface area contributed by atoms with Crippen LogP contribution >= 0.6 is 11.3 Å². The molecule has 2 aromatic rings. The number of benzene rings is 1. The van der Waals surface area contributed by atoms with Gasteiger partial charge in [-0.2, -0.15) is 10.5 Å². The van der Waals surface area contributed by atoms with E-state index in [1.165, 1.54) is 13.2 Å². The van der Waals surface area contributed by atoms with E-state index in [0.717, 1.165) is 11.3 Å². The normalized spacial score (nSPS) is 10.5. The molecule has 0 saturated carbocycles. The van der Waals surface area contributed by atoms with Crippen LogP contribution in [-0.2, 0) is 9.53 Å². The first kappa shape index (κ1) is 20.7. The summed E-state index contributed by atoms with van der Waals surface area (Å²) in [5.41, 5.74) is 0.980. The number of hydrogen-bond acceptors (Lipinski definition) is 7. The van der Waals surface area contributed by atoms with Crippen molar-refractivity contribution >= 4 is 34.3 Å². The molecule has 0 aliphatic heterocycles. The molecule has 0 atom stereocenters. The molecule has 0 fully saturated rings. The topological polar surface area (TPSA) is 112 Å². The van der Waals surface area contributed by atoms with Crippen molar-refractivity contribution in [3.63, 3.8) is 0 Å². The molecule has 1 N–H and O–H groups in total. The van der Waals surface area contributed by atoms with Gasteiger partial charge in [-0.3, -0.25) is 4.79 Å². The molecule has 0 saturated heterocycles. The zero-order chi connectivity index (χ0) is 20.7. The third-order valence-electron chi connectivity index (χ3n) is 3.75. The number of methoxy groups -OCH3 is 1. The van der Waals surface area contributed by atoms with Crippen molar-refractivity contribution in [2.75, 3.05) is 19.0 Å². The number of ether oxygens (including phenoxy) is 2. The average Bonchev–Trinajstić information content (AvgIpc) is 3.01. The van der Waals surface area contributed by atoms with E-state index in [1.54, 1.807) is 38.1 Å². The summed E-state index contributed by atoms with van der Waals surface area (Å²) in [7, 11) is 1.49. The molecule has 0 spiro atoms. The van der Waals surface area contributed by atoms with Crippen molar-refractivity contribution in [1.82, 2.24) is 0 Å². The molecule has 0 aliphatic rings. The lowest BCUT2D eigenvalue weighted by atomic mass is 10.1. The van der Waals surface area contributed by atoms with Crippen LogP contribution in [0.4, 0.5) is 5.00 Å². The Hall–Kier alpha value is -3.62. The Balaban J connectivity index is 2.37. The van der Waals surface area contributed by atoms with Gasteiger partial charge in [0.25, 0.3) is 5.91 Å². The van der Waals surface area contributed by atoms with Crippen molar-refractivity contribution in [1.29, 1.82) is 10.5 Å². The zero-order valence-electron chi connectivity index (χ0n) is 15.5. The molecule has 28 heavy (non-hydrogen) atoms. The number of rotatable bonds is 6. The van der Waals surface area contributed by atoms with Gasteiger partial charge in [0.05, 0.1) is 19.3 Å². The van der Waals surface area contributed by atoms with Crippen LogP contribution in [0.25, 0.3) is 6.08 Å². The van der Waals surface area contributed by atoms with Crippen LogP contribution in [0.15, 0.2) is 29.8 Å². The van der Waals surface area contributed by atoms with Crippen LogP contribution in [0.1, 0.15) is 33.3 Å². The van der Waals surface area contributed by atoms with Crippen molar-refractivity contribution in [3.05, 3.63) is 51.4 Å². The van der Waals surface area contributed by atoms with Crippen LogP contribution in [0.2, 0.25) is 0 Å². The molecule has 0 unspecified atom stereocenters. The lowest BCUT2D eigenvalue weighted by Gasteiger charge is -2.05. The molecule has 142 valence electrons. The summed E-state index contributed by atoms with van der Waals surface area (Å²) in [5.74, 6) is -0.744. The Morgan fingerprint density at radius 2 is 2.00 bits per heavy atom. The number of anilines is 1. The lowest BCUT2D eigenvalue weighted by molar-refractivity contribution is -0.112. The molecule has 7 nitrogen and oxygen atoms in total. The smallest absolute Gasteiger partial charge is 0.348 e. The van der Waals surface area contributed by atoms with Gasteiger partial charge >= 0.3 is 5.97 Å². The second-order valence-electron chi connectivity index (χ2n) is 5.46. The fourth-order valence-corrected chi connectivity index (χ4v) is 3.43. The van der Waals surface area contributed by atoms with Gasteiger partial charge in [-0.1, -0.05) is 18.2 Å². The quantitative estimate of drug-likeness (QED) is 0.454. The van der Waals surface area contributed by atoms with Gasteiger partial charge in [0, 0.05) is 5.56 Å². The van der Waals surface area contributed by atoms with Gasteiger partial charge in [-0.25, -0.2) is 4.79 Å². The number of carbonyl (C=O) groups is 2. The Bertz CT molecular complexity index is 1030. The summed E-state index contributed by atoms with van der Waals surface area (Å²) in [4.78, 5) is 24.8. The van der Waals surface area contributed by atoms with E-state index >= 15 is 0 Å². The van der Waals surface area contributed by atoms with Crippen LogP contribution in [-0.4, -0.2) is 25.6 Å². The number of para-hydroxylation sites is 1. The van der Waals surface area contributed by atoms with E-state index in [9.17, 15) is 20.1 Å². The second-order valence-corrected chi connectivity index (χ2v) is 6.48. The van der Waals surface area contributed by atoms with Gasteiger partial charge in [0.15, 0.2) is 0 Å². The fraction of sp³-hybridized carbons (Fsp3) is 0.200. The standard InChI is InChI=1S/C20H17N3O4S/c1-4-27-20(25)17-12(2)15(11-22)19(28-17)23-18(24)14(10-21)9-13-7-5-6-8-16(13)26-3/h5-9H,4H2,1-3H3,(H,23,24). The van der Waals surface area contributed by atoms with Crippen molar-refractivity contribution in [2.24, 2.45) is 0 Å². The summed E-state index contributed by atoms with van der Waals surface area (Å²) in [6.45, 7) is 3.48. The minimum absolute atomic E-state index is 0.163. The molecular formula is C20H17N3O4S. The first-order valence-electron chi connectivity index (χ1n) is 8.23. The van der Waals surface area contributed by atoms with Gasteiger partial charge in [0.1, 0.15) is 33.3 Å². The van der Waals surface area contributed by atoms with E-state index in [4.69, 9.17) is 9.47 Å². The molecule has 2 rings (SSSR count). The number of nitrogens with zero attached hydrogens (tertiary/aromatic N) is 2. The number of nitriles is 2. The number of esters is 1. The Morgan fingerprint density at radius 3 is 2.61 bits per heavy atom.